The Morgan fingerprint density at radius 2 is 2.00 bits per heavy atom. The summed E-state index contributed by atoms with van der Waals surface area (Å²) in [7, 11) is 2.26. The lowest BCUT2D eigenvalue weighted by Gasteiger charge is -2.32. The van der Waals surface area contributed by atoms with Crippen molar-refractivity contribution in [3.63, 3.8) is 0 Å². The Balaban J connectivity index is 1.57. The number of hydrogen-bond acceptors (Lipinski definition) is 2. The standard InChI is InChI=1S/C21H26N2/c1-15-10-18(22-13-16-6-4-3-5-7-16)12-20-19(15)11-17-8-9-23(2)14-21(17)20/h3-7,10,12,17,21-22H,8-9,11,13-14H2,1-2H3/t17-,21-/m0/s1. The van der Waals surface area contributed by atoms with Crippen molar-refractivity contribution < 1.29 is 0 Å². The molecule has 0 spiro atoms. The number of likely N-dealkylation sites (tertiary alicyclic amines) is 1. The zero-order valence-corrected chi connectivity index (χ0v) is 14.2. The van der Waals surface area contributed by atoms with Gasteiger partial charge in [0.15, 0.2) is 0 Å². The summed E-state index contributed by atoms with van der Waals surface area (Å²) >= 11 is 0. The Morgan fingerprint density at radius 3 is 2.83 bits per heavy atom. The molecule has 1 N–H and O–H groups in total. The van der Waals surface area contributed by atoms with Crippen molar-refractivity contribution in [1.82, 2.24) is 4.90 Å². The second-order valence-corrected chi connectivity index (χ2v) is 7.32. The van der Waals surface area contributed by atoms with Crippen LogP contribution in [0, 0.1) is 12.8 Å². The van der Waals surface area contributed by atoms with Crippen LogP contribution >= 0.6 is 0 Å². The summed E-state index contributed by atoms with van der Waals surface area (Å²) in [5.74, 6) is 1.60. The van der Waals surface area contributed by atoms with E-state index in [0.29, 0.717) is 0 Å². The van der Waals surface area contributed by atoms with E-state index in [4.69, 9.17) is 0 Å². The number of nitrogens with zero attached hydrogens (tertiary/aromatic N) is 1. The average molecular weight is 306 g/mol. The summed E-state index contributed by atoms with van der Waals surface area (Å²) in [6.07, 6.45) is 2.64. The highest BCUT2D eigenvalue weighted by Gasteiger charge is 2.36. The largest absolute Gasteiger partial charge is 0.381 e. The number of benzene rings is 2. The third-order valence-corrected chi connectivity index (χ3v) is 5.67. The fourth-order valence-corrected chi connectivity index (χ4v) is 4.38. The van der Waals surface area contributed by atoms with Gasteiger partial charge in [-0.25, -0.2) is 0 Å². The molecule has 2 atom stereocenters. The number of fused-ring (bicyclic) bond motifs is 3. The molecule has 1 aliphatic carbocycles. The molecule has 1 aliphatic heterocycles. The van der Waals surface area contributed by atoms with Crippen LogP contribution in [-0.2, 0) is 13.0 Å². The quantitative estimate of drug-likeness (QED) is 0.914. The number of anilines is 1. The van der Waals surface area contributed by atoms with Crippen LogP contribution in [0.3, 0.4) is 0 Å². The summed E-state index contributed by atoms with van der Waals surface area (Å²) in [6.45, 7) is 5.66. The lowest BCUT2D eigenvalue weighted by molar-refractivity contribution is 0.200. The van der Waals surface area contributed by atoms with Gasteiger partial charge in [-0.1, -0.05) is 30.3 Å². The monoisotopic (exact) mass is 306 g/mol. The van der Waals surface area contributed by atoms with Crippen LogP contribution in [0.4, 0.5) is 5.69 Å². The van der Waals surface area contributed by atoms with E-state index in [9.17, 15) is 0 Å². The molecule has 0 amide bonds. The van der Waals surface area contributed by atoms with Crippen molar-refractivity contribution in [2.24, 2.45) is 5.92 Å². The van der Waals surface area contributed by atoms with E-state index in [1.807, 2.05) is 0 Å². The molecule has 120 valence electrons. The van der Waals surface area contributed by atoms with Gasteiger partial charge in [0.2, 0.25) is 0 Å². The highest BCUT2D eigenvalue weighted by atomic mass is 15.1. The maximum absolute atomic E-state index is 3.62. The molecule has 0 bridgehead atoms. The predicted octanol–water partition coefficient (Wildman–Crippen LogP) is 4.20. The Labute approximate surface area is 139 Å². The topological polar surface area (TPSA) is 15.3 Å². The highest BCUT2D eigenvalue weighted by molar-refractivity contribution is 5.56. The first-order chi connectivity index (χ1) is 11.2. The van der Waals surface area contributed by atoms with Crippen LogP contribution in [-0.4, -0.2) is 25.0 Å². The summed E-state index contributed by atoms with van der Waals surface area (Å²) in [4.78, 5) is 2.50. The molecule has 2 nitrogen and oxygen atoms in total. The first-order valence-corrected chi connectivity index (χ1v) is 8.80. The Kier molecular flexibility index (Phi) is 3.86. The van der Waals surface area contributed by atoms with Crippen LogP contribution in [0.1, 0.15) is 34.6 Å². The van der Waals surface area contributed by atoms with E-state index >= 15 is 0 Å². The Morgan fingerprint density at radius 1 is 1.17 bits per heavy atom. The first-order valence-electron chi connectivity index (χ1n) is 8.80. The van der Waals surface area contributed by atoms with Gasteiger partial charge in [-0.15, -0.1) is 0 Å². The molecule has 1 fully saturated rings. The maximum Gasteiger partial charge on any atom is 0.0400 e. The van der Waals surface area contributed by atoms with E-state index in [-0.39, 0.29) is 0 Å². The van der Waals surface area contributed by atoms with Gasteiger partial charge in [0.1, 0.15) is 0 Å². The number of nitrogens with one attached hydrogen (secondary N) is 1. The molecule has 4 rings (SSSR count). The van der Waals surface area contributed by atoms with Crippen LogP contribution in [0.15, 0.2) is 42.5 Å². The van der Waals surface area contributed by atoms with Gasteiger partial charge in [0, 0.05) is 24.7 Å². The number of hydrogen-bond donors (Lipinski definition) is 1. The van der Waals surface area contributed by atoms with Crippen LogP contribution in [0.25, 0.3) is 0 Å². The van der Waals surface area contributed by atoms with E-state index < -0.39 is 0 Å². The summed E-state index contributed by atoms with van der Waals surface area (Å²) < 4.78 is 0. The average Bonchev–Trinajstić information content (AvgIpc) is 2.93. The number of rotatable bonds is 3. The number of aryl methyl sites for hydroxylation is 1. The van der Waals surface area contributed by atoms with Gasteiger partial charge in [-0.2, -0.15) is 0 Å². The van der Waals surface area contributed by atoms with Crippen molar-refractivity contribution in [2.75, 3.05) is 25.5 Å². The molecule has 2 aliphatic rings. The maximum atomic E-state index is 3.62. The zero-order valence-electron chi connectivity index (χ0n) is 14.2. The van der Waals surface area contributed by atoms with E-state index in [1.165, 1.54) is 42.7 Å². The highest BCUT2D eigenvalue weighted by Crippen LogP contribution is 2.44. The molecule has 0 unspecified atom stereocenters. The van der Waals surface area contributed by atoms with E-state index in [0.717, 1.165) is 18.4 Å². The third kappa shape index (κ3) is 2.88. The van der Waals surface area contributed by atoms with Crippen molar-refractivity contribution in [1.29, 1.82) is 0 Å². The van der Waals surface area contributed by atoms with Gasteiger partial charge in [-0.05, 0) is 73.7 Å². The molecule has 2 aromatic carbocycles. The van der Waals surface area contributed by atoms with Gasteiger partial charge in [0.25, 0.3) is 0 Å². The van der Waals surface area contributed by atoms with Crippen molar-refractivity contribution in [3.8, 4) is 0 Å². The second kappa shape index (κ2) is 6.01. The number of piperidine rings is 1. The van der Waals surface area contributed by atoms with E-state index in [2.05, 4.69) is 66.7 Å². The van der Waals surface area contributed by atoms with E-state index in [1.54, 1.807) is 11.1 Å². The van der Waals surface area contributed by atoms with Gasteiger partial charge >= 0.3 is 0 Å². The molecule has 1 heterocycles. The molecule has 23 heavy (non-hydrogen) atoms. The van der Waals surface area contributed by atoms with Crippen molar-refractivity contribution in [2.45, 2.75) is 32.2 Å². The van der Waals surface area contributed by atoms with Crippen LogP contribution in [0.5, 0.6) is 0 Å². The molecular weight excluding hydrogens is 280 g/mol. The van der Waals surface area contributed by atoms with Gasteiger partial charge in [0.05, 0.1) is 0 Å². The van der Waals surface area contributed by atoms with Crippen LogP contribution < -0.4 is 5.32 Å². The number of likely N-dealkylation sites (N-methyl/N-ethyl adjacent to an activating group) is 1. The smallest absolute Gasteiger partial charge is 0.0400 e. The molecule has 0 radical (unpaired) electrons. The minimum atomic E-state index is 0.737. The lowest BCUT2D eigenvalue weighted by Crippen LogP contribution is -2.34. The summed E-state index contributed by atoms with van der Waals surface area (Å²) in [5.41, 5.74) is 7.31. The minimum Gasteiger partial charge on any atom is -0.381 e. The molecule has 0 saturated carbocycles. The fraction of sp³-hybridized carbons (Fsp3) is 0.429. The van der Waals surface area contributed by atoms with Crippen molar-refractivity contribution >= 4 is 5.69 Å². The Hall–Kier alpha value is -1.80. The normalized spacial score (nSPS) is 23.4. The SMILES string of the molecule is Cc1cc(NCc2ccccc2)cc2c1C[C@@H]1CCN(C)C[C@H]21. The molecule has 2 aromatic rings. The molecule has 1 saturated heterocycles. The first kappa shape index (κ1) is 14.8. The zero-order chi connectivity index (χ0) is 15.8. The molecular formula is C21H26N2. The summed E-state index contributed by atoms with van der Waals surface area (Å²) in [6, 6.07) is 15.4. The van der Waals surface area contributed by atoms with Gasteiger partial charge < -0.3 is 10.2 Å². The Bertz CT molecular complexity index is 692. The fourth-order valence-electron chi connectivity index (χ4n) is 4.38. The third-order valence-electron chi connectivity index (χ3n) is 5.67. The predicted molar refractivity (Wildman–Crippen MR) is 97.0 cm³/mol. The van der Waals surface area contributed by atoms with Crippen molar-refractivity contribution in [3.05, 3.63) is 64.7 Å². The second-order valence-electron chi connectivity index (χ2n) is 7.32. The molecule has 2 heteroatoms. The summed E-state index contributed by atoms with van der Waals surface area (Å²) in [5, 5.41) is 3.62. The lowest BCUT2D eigenvalue weighted by atomic mass is 9.86. The van der Waals surface area contributed by atoms with Gasteiger partial charge in [-0.3, -0.25) is 0 Å². The van der Waals surface area contributed by atoms with Crippen LogP contribution in [0.2, 0.25) is 0 Å². The minimum absolute atomic E-state index is 0.737. The molecule has 0 aromatic heterocycles.